The minimum atomic E-state index is -0.390. The second-order valence-corrected chi connectivity index (χ2v) is 5.59. The summed E-state index contributed by atoms with van der Waals surface area (Å²) in [6, 6.07) is 7.69. The highest BCUT2D eigenvalue weighted by Crippen LogP contribution is 2.35. The average Bonchev–Trinajstić information content (AvgIpc) is 2.56. The molecule has 0 radical (unpaired) electrons. The zero-order valence-electron chi connectivity index (χ0n) is 12.0. The van der Waals surface area contributed by atoms with Crippen molar-refractivity contribution in [3.63, 3.8) is 0 Å². The normalized spacial score (nSPS) is 14.6. The number of ether oxygens (including phenoxy) is 4. The summed E-state index contributed by atoms with van der Waals surface area (Å²) in [6.45, 7) is 1.80. The zero-order chi connectivity index (χ0) is 16.2. The predicted molar refractivity (Wildman–Crippen MR) is 82.5 cm³/mol. The van der Waals surface area contributed by atoms with Crippen LogP contribution in [0, 0.1) is 11.6 Å². The second-order valence-electron chi connectivity index (χ2n) is 4.68. The molecule has 0 saturated heterocycles. The van der Waals surface area contributed by atoms with Crippen molar-refractivity contribution in [3.05, 3.63) is 46.4 Å². The van der Waals surface area contributed by atoms with Crippen LogP contribution in [-0.2, 0) is 0 Å². The Bertz CT molecular complexity index is 709. The molecule has 122 valence electrons. The topological polar surface area (TPSA) is 36.9 Å². The van der Waals surface area contributed by atoms with Gasteiger partial charge in [0.2, 0.25) is 0 Å². The molecule has 7 heteroatoms. The zero-order valence-corrected chi connectivity index (χ0v) is 13.6. The van der Waals surface area contributed by atoms with Crippen molar-refractivity contribution in [1.29, 1.82) is 0 Å². The van der Waals surface area contributed by atoms with Crippen LogP contribution in [0.5, 0.6) is 23.0 Å². The van der Waals surface area contributed by atoms with Gasteiger partial charge in [-0.25, -0.2) is 8.78 Å². The van der Waals surface area contributed by atoms with Crippen LogP contribution in [0.3, 0.4) is 0 Å². The first kappa shape index (κ1) is 15.9. The first-order valence-electron chi connectivity index (χ1n) is 6.94. The molecule has 0 aromatic heterocycles. The fourth-order valence-electron chi connectivity index (χ4n) is 2.12. The molecular weight excluding hydrogens is 374 g/mol. The van der Waals surface area contributed by atoms with Crippen molar-refractivity contribution < 1.29 is 27.7 Å². The molecule has 0 spiro atoms. The SMILES string of the molecule is Fc1cc(Br)cc2c1OCCO2.Fc1cccc2c1OCCO2. The maximum absolute atomic E-state index is 13.1. The Morgan fingerprint density at radius 3 is 2.04 bits per heavy atom. The summed E-state index contributed by atoms with van der Waals surface area (Å²) in [7, 11) is 0. The first-order valence-corrected chi connectivity index (χ1v) is 7.73. The molecule has 0 amide bonds. The van der Waals surface area contributed by atoms with Gasteiger partial charge < -0.3 is 18.9 Å². The van der Waals surface area contributed by atoms with Crippen LogP contribution in [0.1, 0.15) is 0 Å². The van der Waals surface area contributed by atoms with Gasteiger partial charge in [0.05, 0.1) is 0 Å². The Morgan fingerprint density at radius 2 is 1.35 bits per heavy atom. The summed E-state index contributed by atoms with van der Waals surface area (Å²) in [5.41, 5.74) is 0. The third-order valence-electron chi connectivity index (χ3n) is 3.08. The highest BCUT2D eigenvalue weighted by Gasteiger charge is 2.17. The Hall–Kier alpha value is -2.02. The van der Waals surface area contributed by atoms with Crippen LogP contribution >= 0.6 is 15.9 Å². The lowest BCUT2D eigenvalue weighted by Gasteiger charge is -2.18. The number of benzene rings is 2. The molecule has 4 nitrogen and oxygen atoms in total. The lowest BCUT2D eigenvalue weighted by molar-refractivity contribution is 0.164. The molecule has 0 unspecified atom stereocenters. The number of rotatable bonds is 0. The fraction of sp³-hybridized carbons (Fsp3) is 0.250. The number of para-hydroxylation sites is 1. The van der Waals surface area contributed by atoms with E-state index in [2.05, 4.69) is 15.9 Å². The summed E-state index contributed by atoms with van der Waals surface area (Å²) < 4.78 is 47.1. The predicted octanol–water partition coefficient (Wildman–Crippen LogP) is 3.96. The van der Waals surface area contributed by atoms with E-state index < -0.39 is 0 Å². The maximum Gasteiger partial charge on any atom is 0.197 e. The molecular formula is C16H13BrF2O4. The summed E-state index contributed by atoms with van der Waals surface area (Å²) in [5.74, 6) is 0.661. The molecule has 0 saturated carbocycles. The standard InChI is InChI=1S/C8H6BrFO2.C8H7FO2/c9-5-3-6(10)8-7(4-5)11-1-2-12-8;9-6-2-1-3-7-8(6)11-5-4-10-7/h3-4H,1-2H2;1-3H,4-5H2. The van der Waals surface area contributed by atoms with E-state index >= 15 is 0 Å². The molecule has 4 rings (SSSR count). The van der Waals surface area contributed by atoms with Gasteiger partial charge in [-0.15, -0.1) is 0 Å². The van der Waals surface area contributed by atoms with Crippen molar-refractivity contribution >= 4 is 15.9 Å². The van der Waals surface area contributed by atoms with Crippen LogP contribution in [0.2, 0.25) is 0 Å². The van der Waals surface area contributed by atoms with Gasteiger partial charge >= 0.3 is 0 Å². The lowest BCUT2D eigenvalue weighted by atomic mass is 10.3. The van der Waals surface area contributed by atoms with E-state index in [4.69, 9.17) is 18.9 Å². The molecule has 2 aromatic rings. The molecule has 0 fully saturated rings. The monoisotopic (exact) mass is 386 g/mol. The summed E-state index contributed by atoms with van der Waals surface area (Å²) in [4.78, 5) is 0. The Balaban J connectivity index is 0.000000136. The molecule has 0 bridgehead atoms. The molecule has 2 aromatic carbocycles. The van der Waals surface area contributed by atoms with E-state index in [9.17, 15) is 8.78 Å². The lowest BCUT2D eigenvalue weighted by Crippen LogP contribution is -2.16. The van der Waals surface area contributed by atoms with Crippen molar-refractivity contribution in [2.24, 2.45) is 0 Å². The van der Waals surface area contributed by atoms with Crippen molar-refractivity contribution in [2.75, 3.05) is 26.4 Å². The summed E-state index contributed by atoms with van der Waals surface area (Å²) in [5, 5.41) is 0. The van der Waals surface area contributed by atoms with Crippen LogP contribution in [0.25, 0.3) is 0 Å². The summed E-state index contributed by atoms with van der Waals surface area (Å²) >= 11 is 3.17. The van der Waals surface area contributed by atoms with Crippen molar-refractivity contribution in [3.8, 4) is 23.0 Å². The van der Waals surface area contributed by atoms with Gasteiger partial charge in [0.1, 0.15) is 26.4 Å². The van der Waals surface area contributed by atoms with Crippen molar-refractivity contribution in [1.82, 2.24) is 0 Å². The summed E-state index contributed by atoms with van der Waals surface area (Å²) in [6.07, 6.45) is 0. The largest absolute Gasteiger partial charge is 0.486 e. The van der Waals surface area contributed by atoms with E-state index in [1.807, 2.05) is 0 Å². The van der Waals surface area contributed by atoms with Gasteiger partial charge in [0.15, 0.2) is 34.6 Å². The molecule has 23 heavy (non-hydrogen) atoms. The van der Waals surface area contributed by atoms with Gasteiger partial charge in [-0.1, -0.05) is 22.0 Å². The smallest absolute Gasteiger partial charge is 0.197 e. The Morgan fingerprint density at radius 1 is 0.739 bits per heavy atom. The molecule has 2 aliphatic heterocycles. The van der Waals surface area contributed by atoms with Gasteiger partial charge in [-0.05, 0) is 24.3 Å². The minimum Gasteiger partial charge on any atom is -0.486 e. The van der Waals surface area contributed by atoms with E-state index in [0.717, 1.165) is 0 Å². The molecule has 0 N–H and O–H groups in total. The second kappa shape index (κ2) is 7.04. The maximum atomic E-state index is 13.1. The van der Waals surface area contributed by atoms with Crippen LogP contribution in [0.15, 0.2) is 34.8 Å². The van der Waals surface area contributed by atoms with Gasteiger partial charge in [-0.2, -0.15) is 0 Å². The van der Waals surface area contributed by atoms with Crippen molar-refractivity contribution in [2.45, 2.75) is 0 Å². The minimum absolute atomic E-state index is 0.212. The number of halogens is 3. The van der Waals surface area contributed by atoms with Crippen LogP contribution < -0.4 is 18.9 Å². The number of hydrogen-bond donors (Lipinski definition) is 0. The number of hydrogen-bond acceptors (Lipinski definition) is 4. The van der Waals surface area contributed by atoms with E-state index in [1.165, 1.54) is 12.1 Å². The highest BCUT2D eigenvalue weighted by molar-refractivity contribution is 9.10. The molecule has 0 atom stereocenters. The van der Waals surface area contributed by atoms with Crippen LogP contribution in [-0.4, -0.2) is 26.4 Å². The molecule has 2 aliphatic rings. The molecule has 2 heterocycles. The highest BCUT2D eigenvalue weighted by atomic mass is 79.9. The Labute approximate surface area is 140 Å². The van der Waals surface area contributed by atoms with Gasteiger partial charge in [0.25, 0.3) is 0 Å². The third-order valence-corrected chi connectivity index (χ3v) is 3.54. The van der Waals surface area contributed by atoms with E-state index in [0.29, 0.717) is 42.4 Å². The average molecular weight is 387 g/mol. The number of fused-ring (bicyclic) bond motifs is 2. The van der Waals surface area contributed by atoms with E-state index in [-0.39, 0.29) is 23.1 Å². The van der Waals surface area contributed by atoms with Gasteiger partial charge in [-0.3, -0.25) is 0 Å². The third kappa shape index (κ3) is 3.67. The van der Waals surface area contributed by atoms with Gasteiger partial charge in [0, 0.05) is 4.47 Å². The fourth-order valence-corrected chi connectivity index (χ4v) is 2.53. The first-order chi connectivity index (χ1) is 11.1. The quantitative estimate of drug-likeness (QED) is 0.686. The van der Waals surface area contributed by atoms with Crippen LogP contribution in [0.4, 0.5) is 8.78 Å². The van der Waals surface area contributed by atoms with E-state index in [1.54, 1.807) is 18.2 Å². The Kier molecular flexibility index (Phi) is 4.85. The molecule has 0 aliphatic carbocycles.